The summed E-state index contributed by atoms with van der Waals surface area (Å²) < 4.78 is 33.4. The van der Waals surface area contributed by atoms with E-state index in [9.17, 15) is 0 Å². The first-order valence-corrected chi connectivity index (χ1v) is 6.53. The van der Waals surface area contributed by atoms with Crippen LogP contribution in [0.5, 0.6) is 23.0 Å². The van der Waals surface area contributed by atoms with Crippen molar-refractivity contribution in [2.75, 3.05) is 34.2 Å². The second-order valence-corrected chi connectivity index (χ2v) is 4.73. The average molecular weight is 333 g/mol. The fraction of sp³-hybridized carbons (Fsp3) is 0.500. The van der Waals surface area contributed by atoms with E-state index < -0.39 is 6.29 Å². The molecule has 1 saturated heterocycles. The molecule has 104 valence electrons. The lowest BCUT2D eigenvalue weighted by molar-refractivity contribution is -0.0463. The first kappa shape index (κ1) is 12.8. The maximum Gasteiger partial charge on any atom is 0.231 e. The fourth-order valence-corrected chi connectivity index (χ4v) is 2.89. The van der Waals surface area contributed by atoms with Crippen LogP contribution < -0.4 is 18.9 Å². The van der Waals surface area contributed by atoms with Gasteiger partial charge >= 0.3 is 0 Å². The Hall–Kier alpha value is -1.18. The van der Waals surface area contributed by atoms with Crippen molar-refractivity contribution in [2.45, 2.75) is 6.29 Å². The summed E-state index contributed by atoms with van der Waals surface area (Å²) in [5.74, 6) is 2.11. The van der Waals surface area contributed by atoms with Crippen LogP contribution >= 0.6 is 15.9 Å². The molecule has 19 heavy (non-hydrogen) atoms. The van der Waals surface area contributed by atoms with Gasteiger partial charge in [-0.15, -0.1) is 0 Å². The van der Waals surface area contributed by atoms with E-state index in [1.807, 2.05) is 0 Å². The second kappa shape index (κ2) is 5.07. The summed E-state index contributed by atoms with van der Waals surface area (Å²) in [6.07, 6.45) is -0.507. The van der Waals surface area contributed by atoms with Gasteiger partial charge in [0.2, 0.25) is 18.3 Å². The quantitative estimate of drug-likeness (QED) is 0.846. The van der Waals surface area contributed by atoms with Gasteiger partial charge in [0.15, 0.2) is 17.8 Å². The molecule has 0 aromatic heterocycles. The van der Waals surface area contributed by atoms with Crippen LogP contribution in [0.1, 0.15) is 11.9 Å². The van der Waals surface area contributed by atoms with Gasteiger partial charge in [-0.05, 0) is 15.9 Å². The number of hydrogen-bond donors (Lipinski definition) is 0. The van der Waals surface area contributed by atoms with Crippen molar-refractivity contribution in [1.29, 1.82) is 0 Å². The average Bonchev–Trinajstić information content (AvgIpc) is 3.07. The summed E-state index contributed by atoms with van der Waals surface area (Å²) in [6, 6.07) is 0. The molecule has 7 heteroatoms. The summed E-state index contributed by atoms with van der Waals surface area (Å²) in [5.41, 5.74) is 0.709. The van der Waals surface area contributed by atoms with E-state index in [0.29, 0.717) is 46.2 Å². The minimum absolute atomic E-state index is 0.129. The van der Waals surface area contributed by atoms with E-state index in [0.717, 1.165) is 0 Å². The Kier molecular flexibility index (Phi) is 3.42. The predicted octanol–water partition coefficient (Wildman–Crippen LogP) is 2.24. The molecule has 0 saturated carbocycles. The van der Waals surface area contributed by atoms with Gasteiger partial charge in [-0.25, -0.2) is 0 Å². The minimum atomic E-state index is -0.507. The lowest BCUT2D eigenvalue weighted by Gasteiger charge is -2.19. The largest absolute Gasteiger partial charge is 0.492 e. The summed E-state index contributed by atoms with van der Waals surface area (Å²) in [6.45, 7) is 1.21. The van der Waals surface area contributed by atoms with E-state index >= 15 is 0 Å². The Morgan fingerprint density at radius 1 is 1.00 bits per heavy atom. The third-order valence-electron chi connectivity index (χ3n) is 2.97. The number of benzene rings is 1. The third kappa shape index (κ3) is 1.92. The second-order valence-electron chi connectivity index (χ2n) is 3.93. The van der Waals surface area contributed by atoms with E-state index in [1.54, 1.807) is 14.2 Å². The van der Waals surface area contributed by atoms with E-state index in [-0.39, 0.29) is 6.79 Å². The molecule has 1 aromatic carbocycles. The molecule has 0 unspecified atom stereocenters. The van der Waals surface area contributed by atoms with Crippen LogP contribution in [-0.2, 0) is 9.47 Å². The van der Waals surface area contributed by atoms with Crippen molar-refractivity contribution in [2.24, 2.45) is 0 Å². The zero-order chi connectivity index (χ0) is 13.4. The van der Waals surface area contributed by atoms with Crippen LogP contribution in [0.3, 0.4) is 0 Å². The number of fused-ring (bicyclic) bond motifs is 1. The van der Waals surface area contributed by atoms with Gasteiger partial charge in [0.05, 0.1) is 37.5 Å². The number of halogens is 1. The summed E-state index contributed by atoms with van der Waals surface area (Å²) >= 11 is 3.50. The highest BCUT2D eigenvalue weighted by Crippen LogP contribution is 2.56. The monoisotopic (exact) mass is 332 g/mol. The Morgan fingerprint density at radius 2 is 1.58 bits per heavy atom. The van der Waals surface area contributed by atoms with Crippen LogP contribution in [0.4, 0.5) is 0 Å². The first-order chi connectivity index (χ1) is 9.27. The molecule has 0 spiro atoms. The van der Waals surface area contributed by atoms with Crippen molar-refractivity contribution in [3.63, 3.8) is 0 Å². The van der Waals surface area contributed by atoms with Crippen molar-refractivity contribution < 1.29 is 28.4 Å². The number of hydrogen-bond acceptors (Lipinski definition) is 6. The van der Waals surface area contributed by atoms with E-state index in [4.69, 9.17) is 28.4 Å². The van der Waals surface area contributed by atoms with E-state index in [1.165, 1.54) is 0 Å². The zero-order valence-corrected chi connectivity index (χ0v) is 12.1. The van der Waals surface area contributed by atoms with Crippen molar-refractivity contribution in [3.05, 3.63) is 10.0 Å². The van der Waals surface area contributed by atoms with Gasteiger partial charge in [-0.1, -0.05) is 0 Å². The first-order valence-electron chi connectivity index (χ1n) is 5.74. The van der Waals surface area contributed by atoms with Crippen LogP contribution in [0.2, 0.25) is 0 Å². The van der Waals surface area contributed by atoms with Crippen LogP contribution in [0, 0.1) is 0 Å². The fourth-order valence-electron chi connectivity index (χ4n) is 2.18. The Balaban J connectivity index is 2.21. The Labute approximate surface area is 118 Å². The van der Waals surface area contributed by atoms with Crippen LogP contribution in [0.25, 0.3) is 0 Å². The molecular formula is C12H13BrO6. The summed E-state index contributed by atoms with van der Waals surface area (Å²) in [5, 5.41) is 0. The van der Waals surface area contributed by atoms with Gasteiger partial charge < -0.3 is 28.4 Å². The molecule has 0 atom stereocenters. The summed E-state index contributed by atoms with van der Waals surface area (Å²) in [4.78, 5) is 0. The molecule has 0 bridgehead atoms. The molecular weight excluding hydrogens is 320 g/mol. The van der Waals surface area contributed by atoms with Crippen molar-refractivity contribution in [3.8, 4) is 23.0 Å². The smallest absolute Gasteiger partial charge is 0.231 e. The highest BCUT2D eigenvalue weighted by molar-refractivity contribution is 9.10. The SMILES string of the molecule is COc1c(Br)c(C2OCCO2)c(OC)c2c1OCO2. The van der Waals surface area contributed by atoms with E-state index in [2.05, 4.69) is 15.9 Å². The highest BCUT2D eigenvalue weighted by atomic mass is 79.9. The molecule has 2 aliphatic rings. The summed E-state index contributed by atoms with van der Waals surface area (Å²) in [7, 11) is 3.13. The molecule has 2 aliphatic heterocycles. The van der Waals surface area contributed by atoms with Crippen LogP contribution in [-0.4, -0.2) is 34.2 Å². The lowest BCUT2D eigenvalue weighted by Crippen LogP contribution is -2.05. The maximum atomic E-state index is 5.54. The maximum absolute atomic E-state index is 5.54. The highest BCUT2D eigenvalue weighted by Gasteiger charge is 2.35. The normalized spacial score (nSPS) is 17.8. The zero-order valence-electron chi connectivity index (χ0n) is 10.5. The molecule has 6 nitrogen and oxygen atoms in total. The van der Waals surface area contributed by atoms with Gasteiger partial charge in [0.25, 0.3) is 0 Å². The minimum Gasteiger partial charge on any atom is -0.492 e. The molecule has 0 radical (unpaired) electrons. The predicted molar refractivity (Wildman–Crippen MR) is 68.0 cm³/mol. The molecule has 1 aromatic rings. The van der Waals surface area contributed by atoms with Gasteiger partial charge in [-0.2, -0.15) is 0 Å². The van der Waals surface area contributed by atoms with Gasteiger partial charge in [0, 0.05) is 0 Å². The number of ether oxygens (including phenoxy) is 6. The van der Waals surface area contributed by atoms with Crippen molar-refractivity contribution >= 4 is 15.9 Å². The molecule has 0 N–H and O–H groups in total. The molecule has 0 amide bonds. The van der Waals surface area contributed by atoms with Gasteiger partial charge in [-0.3, -0.25) is 0 Å². The molecule has 1 fully saturated rings. The Bertz CT molecular complexity index is 498. The molecule has 2 heterocycles. The lowest BCUT2D eigenvalue weighted by atomic mass is 10.1. The molecule has 0 aliphatic carbocycles. The molecule has 3 rings (SSSR count). The standard InChI is InChI=1S/C12H13BrO6/c1-14-8-6(12-16-3-4-17-12)7(13)9(15-2)11-10(8)18-5-19-11/h12H,3-5H2,1-2H3. The number of rotatable bonds is 3. The number of methoxy groups -OCH3 is 2. The van der Waals surface area contributed by atoms with Crippen LogP contribution in [0.15, 0.2) is 4.47 Å². The topological polar surface area (TPSA) is 55.4 Å². The van der Waals surface area contributed by atoms with Gasteiger partial charge in [0.1, 0.15) is 0 Å². The third-order valence-corrected chi connectivity index (χ3v) is 3.76. The van der Waals surface area contributed by atoms with Crippen molar-refractivity contribution in [1.82, 2.24) is 0 Å². The Morgan fingerprint density at radius 3 is 2.16 bits per heavy atom.